The third kappa shape index (κ3) is 2.73. The van der Waals surface area contributed by atoms with Crippen molar-refractivity contribution in [2.45, 2.75) is 0 Å². The Bertz CT molecular complexity index is 862. The molecule has 0 fully saturated rings. The van der Waals surface area contributed by atoms with Gasteiger partial charge in [-0.2, -0.15) is 0 Å². The Morgan fingerprint density at radius 1 is 1.23 bits per heavy atom. The van der Waals surface area contributed by atoms with E-state index in [1.54, 1.807) is 37.4 Å². The Morgan fingerprint density at radius 3 is 2.64 bits per heavy atom. The molecule has 1 aliphatic heterocycles. The molecule has 0 aliphatic carbocycles. The fourth-order valence-corrected chi connectivity index (χ4v) is 2.53. The van der Waals surface area contributed by atoms with Gasteiger partial charge in [0.05, 0.1) is 11.1 Å². The first kappa shape index (κ1) is 14.7. The number of hydrogen-bond donors (Lipinski definition) is 1. The summed E-state index contributed by atoms with van der Waals surface area (Å²) in [6, 6.07) is 11.1. The molecule has 2 aromatic rings. The van der Waals surface area contributed by atoms with Crippen molar-refractivity contribution < 1.29 is 9.60 Å². The Hall–Kier alpha value is -2.24. The van der Waals surface area contributed by atoms with Crippen LogP contribution in [-0.2, 0) is 0 Å². The van der Waals surface area contributed by atoms with Crippen molar-refractivity contribution in [2.24, 2.45) is 9.98 Å². The van der Waals surface area contributed by atoms with Crippen LogP contribution < -0.4 is 10.6 Å². The smallest absolute Gasteiger partial charge is 0.145 e. The summed E-state index contributed by atoms with van der Waals surface area (Å²) >= 11 is 6.08. The first-order valence-electron chi connectivity index (χ1n) is 6.65. The van der Waals surface area contributed by atoms with Crippen LogP contribution in [0.25, 0.3) is 5.70 Å². The zero-order valence-corrected chi connectivity index (χ0v) is 12.5. The van der Waals surface area contributed by atoms with Gasteiger partial charge in [0.1, 0.15) is 18.2 Å². The largest absolute Gasteiger partial charge is 0.288 e. The van der Waals surface area contributed by atoms with Gasteiger partial charge in [0.2, 0.25) is 0 Å². The number of aliphatic imine (C=N–C) groups is 1. The molecule has 0 radical (unpaired) electrons. The predicted molar refractivity (Wildman–Crippen MR) is 83.0 cm³/mol. The first-order chi connectivity index (χ1) is 10.6. The molecular formula is C16H13ClFN3O. The molecule has 0 saturated carbocycles. The summed E-state index contributed by atoms with van der Waals surface area (Å²) in [7, 11) is 1.62. The van der Waals surface area contributed by atoms with Gasteiger partial charge in [-0.3, -0.25) is 10.2 Å². The first-order valence-corrected chi connectivity index (χ1v) is 7.03. The Kier molecular flexibility index (Phi) is 3.92. The van der Waals surface area contributed by atoms with Crippen molar-refractivity contribution in [3.63, 3.8) is 0 Å². The van der Waals surface area contributed by atoms with E-state index >= 15 is 0 Å². The molecule has 1 N–H and O–H groups in total. The fourth-order valence-electron chi connectivity index (χ4n) is 2.35. The highest BCUT2D eigenvalue weighted by atomic mass is 35.5. The van der Waals surface area contributed by atoms with E-state index in [4.69, 9.17) is 11.6 Å². The molecule has 0 spiro atoms. The average molecular weight is 318 g/mol. The summed E-state index contributed by atoms with van der Waals surface area (Å²) < 4.78 is 13.2. The Labute approximate surface area is 131 Å². The fraction of sp³-hybridized carbons (Fsp3) is 0.125. The lowest BCUT2D eigenvalue weighted by atomic mass is 10.1. The molecular weight excluding hydrogens is 305 g/mol. The number of fused-ring (bicyclic) bond motifs is 1. The van der Waals surface area contributed by atoms with Crippen LogP contribution in [0.4, 0.5) is 4.39 Å². The maximum atomic E-state index is 13.2. The molecule has 0 bridgehead atoms. The Balaban J connectivity index is 2.39. The third-order valence-corrected chi connectivity index (χ3v) is 3.62. The summed E-state index contributed by atoms with van der Waals surface area (Å²) in [5.74, 6) is 0.150. The summed E-state index contributed by atoms with van der Waals surface area (Å²) in [5.41, 5.74) is 1.18. The van der Waals surface area contributed by atoms with E-state index in [-0.39, 0.29) is 12.4 Å². The molecule has 0 amide bonds. The van der Waals surface area contributed by atoms with Crippen LogP contribution in [0.2, 0.25) is 5.02 Å². The number of rotatable bonds is 1. The van der Waals surface area contributed by atoms with Gasteiger partial charge in [0.15, 0.2) is 0 Å². The number of hydrogen-bond acceptors (Lipinski definition) is 3. The molecule has 112 valence electrons. The third-order valence-electron chi connectivity index (χ3n) is 3.39. The van der Waals surface area contributed by atoms with E-state index in [0.717, 1.165) is 5.06 Å². The van der Waals surface area contributed by atoms with Gasteiger partial charge >= 0.3 is 0 Å². The topological polar surface area (TPSA) is 48.2 Å². The molecule has 2 aromatic carbocycles. The number of benzene rings is 2. The normalized spacial score (nSPS) is 16.3. The maximum absolute atomic E-state index is 13.2. The highest BCUT2D eigenvalue weighted by Gasteiger charge is 2.17. The minimum atomic E-state index is -0.339. The van der Waals surface area contributed by atoms with Crippen LogP contribution in [0.1, 0.15) is 5.56 Å². The molecule has 0 aromatic heterocycles. The van der Waals surface area contributed by atoms with Crippen molar-refractivity contribution in [1.29, 1.82) is 0 Å². The van der Waals surface area contributed by atoms with Gasteiger partial charge in [-0.25, -0.2) is 14.4 Å². The minimum Gasteiger partial charge on any atom is -0.288 e. The predicted octanol–water partition coefficient (Wildman–Crippen LogP) is 1.99. The van der Waals surface area contributed by atoms with Gasteiger partial charge in [-0.1, -0.05) is 11.6 Å². The second kappa shape index (κ2) is 5.87. The van der Waals surface area contributed by atoms with Crippen molar-refractivity contribution in [1.82, 2.24) is 5.06 Å². The lowest BCUT2D eigenvalue weighted by Crippen LogP contribution is -2.31. The SMILES string of the molecule is CN=C1CN(O)C(c2ccc(F)cc2)=c2cc(Cl)ccc2=N1. The zero-order valence-electron chi connectivity index (χ0n) is 11.8. The van der Waals surface area contributed by atoms with Crippen LogP contribution in [0.3, 0.4) is 0 Å². The molecule has 1 heterocycles. The molecule has 0 saturated heterocycles. The minimum absolute atomic E-state index is 0.134. The van der Waals surface area contributed by atoms with E-state index in [0.29, 0.717) is 32.7 Å². The molecule has 1 aliphatic rings. The van der Waals surface area contributed by atoms with Gasteiger partial charge in [0.25, 0.3) is 0 Å². The number of hydroxylamine groups is 2. The number of nitrogens with zero attached hydrogens (tertiary/aromatic N) is 3. The standard InChI is InChI=1S/C16H13ClFN3O/c1-19-15-9-21(22)16(10-2-5-12(18)6-3-10)13-8-11(17)4-7-14(13)20-15/h2-8,22H,9H2,1H3. The van der Waals surface area contributed by atoms with E-state index in [1.165, 1.54) is 12.1 Å². The van der Waals surface area contributed by atoms with E-state index in [1.807, 2.05) is 0 Å². The van der Waals surface area contributed by atoms with Gasteiger partial charge in [-0.05, 0) is 42.5 Å². The summed E-state index contributed by atoms with van der Waals surface area (Å²) in [4.78, 5) is 8.50. The quantitative estimate of drug-likeness (QED) is 0.874. The summed E-state index contributed by atoms with van der Waals surface area (Å²) in [6.07, 6.45) is 0. The van der Waals surface area contributed by atoms with E-state index < -0.39 is 0 Å². The highest BCUT2D eigenvalue weighted by molar-refractivity contribution is 6.30. The summed E-state index contributed by atoms with van der Waals surface area (Å²) in [5, 5.41) is 13.3. The number of amidine groups is 1. The lowest BCUT2D eigenvalue weighted by Gasteiger charge is -2.19. The lowest BCUT2D eigenvalue weighted by molar-refractivity contribution is -0.0119. The van der Waals surface area contributed by atoms with Crippen molar-refractivity contribution in [2.75, 3.05) is 13.6 Å². The number of halogens is 2. The molecule has 22 heavy (non-hydrogen) atoms. The van der Waals surface area contributed by atoms with E-state index in [9.17, 15) is 9.60 Å². The molecule has 0 atom stereocenters. The van der Waals surface area contributed by atoms with Crippen molar-refractivity contribution >= 4 is 23.1 Å². The molecule has 0 unspecified atom stereocenters. The van der Waals surface area contributed by atoms with Gasteiger partial charge in [-0.15, -0.1) is 0 Å². The second-order valence-electron chi connectivity index (χ2n) is 4.83. The zero-order chi connectivity index (χ0) is 15.7. The maximum Gasteiger partial charge on any atom is 0.145 e. The van der Waals surface area contributed by atoms with Crippen molar-refractivity contribution in [3.8, 4) is 0 Å². The van der Waals surface area contributed by atoms with E-state index in [2.05, 4.69) is 9.98 Å². The molecule has 4 nitrogen and oxygen atoms in total. The average Bonchev–Trinajstić information content (AvgIpc) is 2.64. The van der Waals surface area contributed by atoms with Crippen LogP contribution in [0, 0.1) is 5.82 Å². The van der Waals surface area contributed by atoms with Crippen LogP contribution in [-0.4, -0.2) is 29.7 Å². The van der Waals surface area contributed by atoms with Crippen LogP contribution in [0.15, 0.2) is 52.4 Å². The van der Waals surface area contributed by atoms with Crippen molar-refractivity contribution in [3.05, 3.63) is 69.4 Å². The monoisotopic (exact) mass is 317 g/mol. The van der Waals surface area contributed by atoms with Gasteiger partial charge in [0, 0.05) is 22.9 Å². The van der Waals surface area contributed by atoms with Gasteiger partial charge < -0.3 is 0 Å². The second-order valence-corrected chi connectivity index (χ2v) is 5.26. The Morgan fingerprint density at radius 2 is 1.95 bits per heavy atom. The van der Waals surface area contributed by atoms with Crippen LogP contribution in [0.5, 0.6) is 0 Å². The van der Waals surface area contributed by atoms with Crippen LogP contribution >= 0.6 is 11.6 Å². The molecule has 6 heteroatoms. The highest BCUT2D eigenvalue weighted by Crippen LogP contribution is 2.16. The molecule has 3 rings (SSSR count). The summed E-state index contributed by atoms with van der Waals surface area (Å²) in [6.45, 7) is 0.134.